The standard InChI is InChI=1S/C14H17BrClN3O/c1-10-13(16)9-19(18-10)14-7-12(15)4-3-11(14)8-17-5-6-20-2/h3-4,7,9,17H,5-6,8H2,1-2H3. The second-order valence-corrected chi connectivity index (χ2v) is 5.77. The van der Waals surface area contributed by atoms with Crippen molar-refractivity contribution in [3.05, 3.63) is 45.1 Å². The van der Waals surface area contributed by atoms with Gasteiger partial charge in [-0.3, -0.25) is 0 Å². The molecule has 20 heavy (non-hydrogen) atoms. The van der Waals surface area contributed by atoms with E-state index in [9.17, 15) is 0 Å². The lowest BCUT2D eigenvalue weighted by Crippen LogP contribution is -2.19. The van der Waals surface area contributed by atoms with Crippen LogP contribution in [0.25, 0.3) is 5.69 Å². The van der Waals surface area contributed by atoms with Gasteiger partial charge in [0.1, 0.15) is 0 Å². The molecular weight excluding hydrogens is 342 g/mol. The minimum atomic E-state index is 0.670. The molecule has 0 amide bonds. The van der Waals surface area contributed by atoms with E-state index in [0.29, 0.717) is 11.6 Å². The Morgan fingerprint density at radius 2 is 2.25 bits per heavy atom. The molecule has 0 aliphatic heterocycles. The summed E-state index contributed by atoms with van der Waals surface area (Å²) in [6.45, 7) is 4.15. The van der Waals surface area contributed by atoms with Crippen LogP contribution in [0.1, 0.15) is 11.3 Å². The molecule has 0 aliphatic rings. The summed E-state index contributed by atoms with van der Waals surface area (Å²) < 4.78 is 7.85. The quantitative estimate of drug-likeness (QED) is 0.805. The predicted octanol–water partition coefficient (Wildman–Crippen LogP) is 3.33. The first-order valence-corrected chi connectivity index (χ1v) is 7.49. The number of ether oxygens (including phenoxy) is 1. The summed E-state index contributed by atoms with van der Waals surface area (Å²) in [6, 6.07) is 6.13. The number of nitrogens with zero attached hydrogens (tertiary/aromatic N) is 2. The maximum absolute atomic E-state index is 6.09. The highest BCUT2D eigenvalue weighted by molar-refractivity contribution is 9.10. The smallest absolute Gasteiger partial charge is 0.0819 e. The molecule has 1 aromatic heterocycles. The van der Waals surface area contributed by atoms with E-state index in [2.05, 4.69) is 32.4 Å². The number of hydrogen-bond acceptors (Lipinski definition) is 3. The maximum atomic E-state index is 6.09. The minimum Gasteiger partial charge on any atom is -0.383 e. The van der Waals surface area contributed by atoms with E-state index in [1.54, 1.807) is 7.11 Å². The van der Waals surface area contributed by atoms with Gasteiger partial charge in [-0.15, -0.1) is 0 Å². The van der Waals surface area contributed by atoms with Crippen LogP contribution in [0.3, 0.4) is 0 Å². The van der Waals surface area contributed by atoms with Crippen molar-refractivity contribution in [1.82, 2.24) is 15.1 Å². The normalized spacial score (nSPS) is 11.0. The van der Waals surface area contributed by atoms with Crippen molar-refractivity contribution in [3.63, 3.8) is 0 Å². The zero-order valence-electron chi connectivity index (χ0n) is 11.5. The molecule has 6 heteroatoms. The first kappa shape index (κ1) is 15.5. The second kappa shape index (κ2) is 7.22. The number of hydrogen-bond donors (Lipinski definition) is 1. The first-order chi connectivity index (χ1) is 9.61. The van der Waals surface area contributed by atoms with Crippen LogP contribution in [0.5, 0.6) is 0 Å². The molecule has 108 valence electrons. The van der Waals surface area contributed by atoms with Crippen molar-refractivity contribution < 1.29 is 4.74 Å². The molecule has 0 fully saturated rings. The zero-order chi connectivity index (χ0) is 14.5. The van der Waals surface area contributed by atoms with Crippen LogP contribution in [0.15, 0.2) is 28.9 Å². The lowest BCUT2D eigenvalue weighted by molar-refractivity contribution is 0.199. The Balaban J connectivity index is 2.23. The molecule has 0 saturated carbocycles. The predicted molar refractivity (Wildman–Crippen MR) is 84.6 cm³/mol. The molecule has 2 rings (SSSR count). The highest BCUT2D eigenvalue weighted by Gasteiger charge is 2.09. The van der Waals surface area contributed by atoms with Gasteiger partial charge in [-0.2, -0.15) is 5.10 Å². The van der Waals surface area contributed by atoms with Gasteiger partial charge < -0.3 is 10.1 Å². The fourth-order valence-corrected chi connectivity index (χ4v) is 2.34. The molecule has 0 bridgehead atoms. The van der Waals surface area contributed by atoms with Gasteiger partial charge in [0.25, 0.3) is 0 Å². The topological polar surface area (TPSA) is 39.1 Å². The van der Waals surface area contributed by atoms with Crippen LogP contribution in [-0.4, -0.2) is 30.0 Å². The van der Waals surface area contributed by atoms with E-state index in [4.69, 9.17) is 16.3 Å². The Hall–Kier alpha value is -0.880. The summed E-state index contributed by atoms with van der Waals surface area (Å²) in [5, 5.41) is 8.45. The molecule has 0 atom stereocenters. The molecule has 0 unspecified atom stereocenters. The van der Waals surface area contributed by atoms with Crippen LogP contribution < -0.4 is 5.32 Å². The Bertz CT molecular complexity index is 566. The number of aromatic nitrogens is 2. The Labute approximate surface area is 132 Å². The third-order valence-corrected chi connectivity index (χ3v) is 3.80. The van der Waals surface area contributed by atoms with Gasteiger partial charge in [0, 0.05) is 30.9 Å². The van der Waals surface area contributed by atoms with Crippen molar-refractivity contribution in [3.8, 4) is 5.69 Å². The highest BCUT2D eigenvalue weighted by Crippen LogP contribution is 2.23. The highest BCUT2D eigenvalue weighted by atomic mass is 79.9. The van der Waals surface area contributed by atoms with Crippen LogP contribution in [-0.2, 0) is 11.3 Å². The van der Waals surface area contributed by atoms with Gasteiger partial charge >= 0.3 is 0 Å². The molecule has 0 saturated heterocycles. The van der Waals surface area contributed by atoms with Crippen LogP contribution in [0.4, 0.5) is 0 Å². The van der Waals surface area contributed by atoms with Gasteiger partial charge in [0.15, 0.2) is 0 Å². The van der Waals surface area contributed by atoms with Gasteiger partial charge in [-0.05, 0) is 24.6 Å². The summed E-state index contributed by atoms with van der Waals surface area (Å²) in [5.74, 6) is 0. The van der Waals surface area contributed by atoms with Gasteiger partial charge in [-0.1, -0.05) is 33.6 Å². The number of benzene rings is 1. The average molecular weight is 359 g/mol. The molecule has 4 nitrogen and oxygen atoms in total. The maximum Gasteiger partial charge on any atom is 0.0819 e. The fraction of sp³-hybridized carbons (Fsp3) is 0.357. The molecule has 2 aromatic rings. The van der Waals surface area contributed by atoms with Crippen LogP contribution >= 0.6 is 27.5 Å². The summed E-state index contributed by atoms with van der Waals surface area (Å²) in [7, 11) is 1.70. The monoisotopic (exact) mass is 357 g/mol. The van der Waals surface area contributed by atoms with E-state index >= 15 is 0 Å². The first-order valence-electron chi connectivity index (χ1n) is 6.32. The Kier molecular flexibility index (Phi) is 5.60. The molecule has 0 spiro atoms. The largest absolute Gasteiger partial charge is 0.383 e. The average Bonchev–Trinajstić information content (AvgIpc) is 2.76. The van der Waals surface area contributed by atoms with E-state index in [-0.39, 0.29) is 0 Å². The molecular formula is C14H17BrClN3O. The lowest BCUT2D eigenvalue weighted by Gasteiger charge is -2.11. The van der Waals surface area contributed by atoms with Crippen molar-refractivity contribution in [2.45, 2.75) is 13.5 Å². The number of aryl methyl sites for hydroxylation is 1. The van der Waals surface area contributed by atoms with Crippen molar-refractivity contribution in [1.29, 1.82) is 0 Å². The number of nitrogens with one attached hydrogen (secondary N) is 1. The third-order valence-electron chi connectivity index (χ3n) is 2.93. The minimum absolute atomic E-state index is 0.670. The van der Waals surface area contributed by atoms with Crippen LogP contribution in [0.2, 0.25) is 5.02 Å². The summed E-state index contributed by atoms with van der Waals surface area (Å²) in [5.41, 5.74) is 2.99. The molecule has 0 radical (unpaired) electrons. The lowest BCUT2D eigenvalue weighted by atomic mass is 10.2. The van der Waals surface area contributed by atoms with Gasteiger partial charge in [-0.25, -0.2) is 4.68 Å². The number of halogens is 2. The number of methoxy groups -OCH3 is 1. The van der Waals surface area contributed by atoms with Crippen molar-refractivity contribution in [2.75, 3.05) is 20.3 Å². The van der Waals surface area contributed by atoms with E-state index in [1.807, 2.05) is 29.9 Å². The summed E-state index contributed by atoms with van der Waals surface area (Å²) >= 11 is 9.59. The van der Waals surface area contributed by atoms with Crippen LogP contribution in [0, 0.1) is 6.92 Å². The molecule has 1 N–H and O–H groups in total. The molecule has 1 aromatic carbocycles. The Morgan fingerprint density at radius 3 is 2.90 bits per heavy atom. The second-order valence-electron chi connectivity index (χ2n) is 4.45. The summed E-state index contributed by atoms with van der Waals surface area (Å²) in [4.78, 5) is 0. The van der Waals surface area contributed by atoms with Gasteiger partial charge in [0.05, 0.1) is 23.0 Å². The third kappa shape index (κ3) is 3.82. The van der Waals surface area contributed by atoms with Crippen molar-refractivity contribution in [2.24, 2.45) is 0 Å². The SMILES string of the molecule is COCCNCc1ccc(Br)cc1-n1cc(Cl)c(C)n1. The van der Waals surface area contributed by atoms with Gasteiger partial charge in [0.2, 0.25) is 0 Å². The molecule has 1 heterocycles. The zero-order valence-corrected chi connectivity index (χ0v) is 13.8. The molecule has 0 aliphatic carbocycles. The van der Waals surface area contributed by atoms with E-state index in [1.165, 1.54) is 0 Å². The summed E-state index contributed by atoms with van der Waals surface area (Å²) in [6.07, 6.45) is 1.83. The van der Waals surface area contributed by atoms with E-state index in [0.717, 1.165) is 34.5 Å². The number of rotatable bonds is 6. The Morgan fingerprint density at radius 1 is 1.45 bits per heavy atom. The van der Waals surface area contributed by atoms with E-state index < -0.39 is 0 Å². The van der Waals surface area contributed by atoms with Crippen molar-refractivity contribution >= 4 is 27.5 Å². The fourth-order valence-electron chi connectivity index (χ4n) is 1.86.